The fraction of sp³-hybridized carbons (Fsp3) is 1.00. The van der Waals surface area contributed by atoms with Crippen molar-refractivity contribution >= 4 is 11.8 Å². The van der Waals surface area contributed by atoms with Gasteiger partial charge in [0.2, 0.25) is 0 Å². The van der Waals surface area contributed by atoms with Crippen LogP contribution in [0, 0.1) is 0 Å². The van der Waals surface area contributed by atoms with Crippen LogP contribution in [0.4, 0.5) is 0 Å². The van der Waals surface area contributed by atoms with Crippen LogP contribution in [0.3, 0.4) is 0 Å². The number of nitrogens with one attached hydrogen (secondary N) is 1. The largest absolute Gasteiger partial charge is 0.314 e. The third-order valence-electron chi connectivity index (χ3n) is 4.31. The van der Waals surface area contributed by atoms with Crippen molar-refractivity contribution in [1.82, 2.24) is 10.2 Å². The molecule has 0 aromatic heterocycles. The lowest BCUT2D eigenvalue weighted by atomic mass is 10.1. The lowest BCUT2D eigenvalue weighted by molar-refractivity contribution is 0.148. The Labute approximate surface area is 111 Å². The Balaban J connectivity index is 1.64. The molecule has 2 nitrogen and oxygen atoms in total. The zero-order valence-corrected chi connectivity index (χ0v) is 12.4. The second kappa shape index (κ2) is 6.44. The molecule has 0 radical (unpaired) electrons. The van der Waals surface area contributed by atoms with E-state index in [1.54, 1.807) is 0 Å². The van der Waals surface area contributed by atoms with Crippen LogP contribution < -0.4 is 5.32 Å². The SMILES string of the molecule is CC1SCCN(C(C)CCCNC2CC2)C1C. The van der Waals surface area contributed by atoms with Crippen molar-refractivity contribution in [3.8, 4) is 0 Å². The maximum Gasteiger partial charge on any atom is 0.0186 e. The third kappa shape index (κ3) is 4.15. The Kier molecular flexibility index (Phi) is 5.19. The highest BCUT2D eigenvalue weighted by Gasteiger charge is 2.28. The molecule has 0 aromatic carbocycles. The molecule has 2 aliphatic rings. The van der Waals surface area contributed by atoms with Gasteiger partial charge in [-0.15, -0.1) is 0 Å². The number of nitrogens with zero attached hydrogens (tertiary/aromatic N) is 1. The monoisotopic (exact) mass is 256 g/mol. The van der Waals surface area contributed by atoms with Gasteiger partial charge in [-0.3, -0.25) is 4.90 Å². The first-order chi connectivity index (χ1) is 8.18. The standard InChI is InChI=1S/C14H28N2S/c1-11(5-4-8-15-14-6-7-14)16-9-10-17-13(3)12(16)2/h11-15H,4-10H2,1-3H3. The van der Waals surface area contributed by atoms with E-state index in [4.69, 9.17) is 0 Å². The Morgan fingerprint density at radius 2 is 2.12 bits per heavy atom. The summed E-state index contributed by atoms with van der Waals surface area (Å²) in [4.78, 5) is 2.72. The summed E-state index contributed by atoms with van der Waals surface area (Å²) in [6.45, 7) is 9.70. The van der Waals surface area contributed by atoms with E-state index in [1.165, 1.54) is 44.5 Å². The first-order valence-electron chi connectivity index (χ1n) is 7.29. The number of thioether (sulfide) groups is 1. The van der Waals surface area contributed by atoms with Crippen LogP contribution in [-0.4, -0.2) is 47.1 Å². The number of hydrogen-bond acceptors (Lipinski definition) is 3. The van der Waals surface area contributed by atoms with Gasteiger partial charge in [0.25, 0.3) is 0 Å². The molecule has 0 amide bonds. The van der Waals surface area contributed by atoms with Crippen molar-refractivity contribution in [3.05, 3.63) is 0 Å². The highest BCUT2D eigenvalue weighted by Crippen LogP contribution is 2.27. The molecule has 2 fully saturated rings. The second-order valence-corrected chi connectivity index (χ2v) is 7.26. The van der Waals surface area contributed by atoms with E-state index in [9.17, 15) is 0 Å². The molecule has 1 saturated heterocycles. The van der Waals surface area contributed by atoms with Gasteiger partial charge in [0.15, 0.2) is 0 Å². The van der Waals surface area contributed by atoms with E-state index >= 15 is 0 Å². The minimum atomic E-state index is 0.750. The van der Waals surface area contributed by atoms with Crippen LogP contribution >= 0.6 is 11.8 Å². The molecule has 3 unspecified atom stereocenters. The van der Waals surface area contributed by atoms with Crippen LogP contribution in [0.15, 0.2) is 0 Å². The molecule has 100 valence electrons. The van der Waals surface area contributed by atoms with Gasteiger partial charge in [-0.2, -0.15) is 11.8 Å². The summed E-state index contributed by atoms with van der Waals surface area (Å²) in [5.74, 6) is 1.32. The van der Waals surface area contributed by atoms with Crippen LogP contribution in [0.5, 0.6) is 0 Å². The van der Waals surface area contributed by atoms with Crippen LogP contribution in [0.25, 0.3) is 0 Å². The minimum Gasteiger partial charge on any atom is -0.314 e. The first kappa shape index (κ1) is 13.7. The van der Waals surface area contributed by atoms with Gasteiger partial charge >= 0.3 is 0 Å². The molecule has 1 heterocycles. The molecule has 1 aliphatic heterocycles. The molecule has 1 saturated carbocycles. The molecule has 1 aliphatic carbocycles. The lowest BCUT2D eigenvalue weighted by Crippen LogP contribution is -2.49. The summed E-state index contributed by atoms with van der Waals surface area (Å²) in [5, 5.41) is 4.41. The smallest absolute Gasteiger partial charge is 0.0186 e. The quantitative estimate of drug-likeness (QED) is 0.736. The minimum absolute atomic E-state index is 0.750. The molecule has 17 heavy (non-hydrogen) atoms. The Morgan fingerprint density at radius 3 is 2.82 bits per heavy atom. The summed E-state index contributed by atoms with van der Waals surface area (Å²) in [6, 6.07) is 2.38. The third-order valence-corrected chi connectivity index (χ3v) is 5.65. The molecule has 1 N–H and O–H groups in total. The summed E-state index contributed by atoms with van der Waals surface area (Å²) in [6.07, 6.45) is 5.50. The van der Waals surface area contributed by atoms with Crippen molar-refractivity contribution in [3.63, 3.8) is 0 Å². The predicted molar refractivity (Wildman–Crippen MR) is 77.8 cm³/mol. The van der Waals surface area contributed by atoms with Gasteiger partial charge in [-0.1, -0.05) is 6.92 Å². The maximum atomic E-state index is 3.61. The molecule has 0 aromatic rings. The lowest BCUT2D eigenvalue weighted by Gasteiger charge is -2.41. The topological polar surface area (TPSA) is 15.3 Å². The highest BCUT2D eigenvalue weighted by molar-refractivity contribution is 8.00. The Bertz CT molecular complexity index is 230. The zero-order valence-electron chi connectivity index (χ0n) is 11.6. The maximum absolute atomic E-state index is 3.61. The Hall–Kier alpha value is 0.270. The zero-order chi connectivity index (χ0) is 12.3. The van der Waals surface area contributed by atoms with Crippen molar-refractivity contribution in [1.29, 1.82) is 0 Å². The summed E-state index contributed by atoms with van der Waals surface area (Å²) in [5.41, 5.74) is 0. The number of rotatable bonds is 6. The predicted octanol–water partition coefficient (Wildman–Crippen LogP) is 2.73. The van der Waals surface area contributed by atoms with E-state index in [0.29, 0.717) is 0 Å². The molecule has 2 rings (SSSR count). The van der Waals surface area contributed by atoms with E-state index in [1.807, 2.05) is 0 Å². The van der Waals surface area contributed by atoms with Crippen LogP contribution in [0.2, 0.25) is 0 Å². The van der Waals surface area contributed by atoms with Gasteiger partial charge in [0, 0.05) is 35.7 Å². The molecule has 3 atom stereocenters. The van der Waals surface area contributed by atoms with Crippen molar-refractivity contribution < 1.29 is 0 Å². The van der Waals surface area contributed by atoms with E-state index in [0.717, 1.165) is 23.4 Å². The van der Waals surface area contributed by atoms with E-state index < -0.39 is 0 Å². The number of hydrogen-bond donors (Lipinski definition) is 1. The van der Waals surface area contributed by atoms with Gasteiger partial charge in [0.05, 0.1) is 0 Å². The molecule has 0 bridgehead atoms. The average molecular weight is 256 g/mol. The van der Waals surface area contributed by atoms with Gasteiger partial charge < -0.3 is 5.32 Å². The fourth-order valence-corrected chi connectivity index (χ4v) is 3.86. The first-order valence-corrected chi connectivity index (χ1v) is 8.34. The molecular weight excluding hydrogens is 228 g/mol. The van der Waals surface area contributed by atoms with Crippen LogP contribution in [-0.2, 0) is 0 Å². The Morgan fingerprint density at radius 1 is 1.35 bits per heavy atom. The average Bonchev–Trinajstić information content (AvgIpc) is 3.12. The molecule has 3 heteroatoms. The van der Waals surface area contributed by atoms with Gasteiger partial charge in [0.1, 0.15) is 0 Å². The van der Waals surface area contributed by atoms with Crippen molar-refractivity contribution in [2.24, 2.45) is 0 Å². The highest BCUT2D eigenvalue weighted by atomic mass is 32.2. The van der Waals surface area contributed by atoms with E-state index in [2.05, 4.69) is 42.7 Å². The molecular formula is C14H28N2S. The summed E-state index contributed by atoms with van der Waals surface area (Å²) >= 11 is 2.13. The summed E-state index contributed by atoms with van der Waals surface area (Å²) in [7, 11) is 0. The normalized spacial score (nSPS) is 32.6. The van der Waals surface area contributed by atoms with Crippen LogP contribution in [0.1, 0.15) is 46.5 Å². The fourth-order valence-electron chi connectivity index (χ4n) is 2.74. The van der Waals surface area contributed by atoms with Crippen molar-refractivity contribution in [2.75, 3.05) is 18.8 Å². The second-order valence-electron chi connectivity index (χ2n) is 5.77. The molecule has 0 spiro atoms. The van der Waals surface area contributed by atoms with Gasteiger partial charge in [-0.05, 0) is 46.1 Å². The van der Waals surface area contributed by atoms with Gasteiger partial charge in [-0.25, -0.2) is 0 Å². The van der Waals surface area contributed by atoms with E-state index in [-0.39, 0.29) is 0 Å². The summed E-state index contributed by atoms with van der Waals surface area (Å²) < 4.78 is 0. The van der Waals surface area contributed by atoms with Crippen molar-refractivity contribution in [2.45, 2.75) is 69.8 Å².